The van der Waals surface area contributed by atoms with Crippen molar-refractivity contribution in [3.05, 3.63) is 56.1 Å². The lowest BCUT2D eigenvalue weighted by Gasteiger charge is -2.15. The highest BCUT2D eigenvalue weighted by Crippen LogP contribution is 2.35. The molecule has 0 saturated carbocycles. The van der Waals surface area contributed by atoms with Gasteiger partial charge in [0.05, 0.1) is 0 Å². The number of hydrogen-bond acceptors (Lipinski definition) is 0. The van der Waals surface area contributed by atoms with Crippen LogP contribution in [0.2, 0.25) is 10.0 Å². The molecular weight excluding hydrogens is 275 g/mol. The molecule has 0 amide bonds. The Morgan fingerprint density at radius 2 is 1.11 bits per heavy atom. The molecular formula is C17H18Cl2. The highest BCUT2D eigenvalue weighted by Gasteiger charge is 2.12. The molecule has 0 fully saturated rings. The van der Waals surface area contributed by atoms with Crippen molar-refractivity contribution in [2.75, 3.05) is 0 Å². The minimum atomic E-state index is 0.851. The zero-order valence-corrected chi connectivity index (χ0v) is 13.5. The van der Waals surface area contributed by atoms with Gasteiger partial charge in [0, 0.05) is 10.0 Å². The summed E-state index contributed by atoms with van der Waals surface area (Å²) in [5.74, 6) is 0. The van der Waals surface area contributed by atoms with E-state index in [1.54, 1.807) is 0 Å². The lowest BCUT2D eigenvalue weighted by atomic mass is 9.93. The van der Waals surface area contributed by atoms with Crippen molar-refractivity contribution in [1.82, 2.24) is 0 Å². The smallest absolute Gasteiger partial charge is 0.0467 e. The van der Waals surface area contributed by atoms with Crippen molar-refractivity contribution in [1.29, 1.82) is 0 Å². The largest absolute Gasteiger partial charge is 0.0838 e. The van der Waals surface area contributed by atoms with Crippen LogP contribution in [0.15, 0.2) is 18.2 Å². The minimum Gasteiger partial charge on any atom is -0.0838 e. The average molecular weight is 293 g/mol. The van der Waals surface area contributed by atoms with Crippen molar-refractivity contribution in [3.63, 3.8) is 0 Å². The summed E-state index contributed by atoms with van der Waals surface area (Å²) in [6.45, 7) is 10.3. The van der Waals surface area contributed by atoms with Gasteiger partial charge in [0.2, 0.25) is 0 Å². The average Bonchev–Trinajstić information content (AvgIpc) is 2.37. The van der Waals surface area contributed by atoms with Gasteiger partial charge in [0.15, 0.2) is 0 Å². The summed E-state index contributed by atoms with van der Waals surface area (Å²) in [6.07, 6.45) is 0. The molecule has 2 heteroatoms. The van der Waals surface area contributed by atoms with Crippen molar-refractivity contribution in [2.24, 2.45) is 0 Å². The van der Waals surface area contributed by atoms with Gasteiger partial charge < -0.3 is 0 Å². The highest BCUT2D eigenvalue weighted by atomic mass is 35.5. The zero-order valence-electron chi connectivity index (χ0n) is 12.0. The van der Waals surface area contributed by atoms with Crippen LogP contribution in [0.3, 0.4) is 0 Å². The topological polar surface area (TPSA) is 0 Å². The van der Waals surface area contributed by atoms with Crippen LogP contribution in [0, 0.1) is 34.6 Å². The molecule has 0 aliphatic heterocycles. The summed E-state index contributed by atoms with van der Waals surface area (Å²) < 4.78 is 0. The Morgan fingerprint density at radius 1 is 0.632 bits per heavy atom. The lowest BCUT2D eigenvalue weighted by molar-refractivity contribution is 1.29. The molecule has 0 nitrogen and oxygen atoms in total. The van der Waals surface area contributed by atoms with Gasteiger partial charge in [-0.25, -0.2) is 0 Å². The van der Waals surface area contributed by atoms with E-state index < -0.39 is 0 Å². The number of hydrogen-bond donors (Lipinski definition) is 0. The molecule has 0 saturated heterocycles. The van der Waals surface area contributed by atoms with E-state index in [9.17, 15) is 0 Å². The first-order valence-electron chi connectivity index (χ1n) is 6.36. The standard InChI is InChI=1S/C17H18Cl2/c1-9-6-14(7-10(2)16(9)18)15-8-11(3)17(19)13(5)12(15)4/h6-8H,1-5H3. The lowest BCUT2D eigenvalue weighted by Crippen LogP contribution is -1.93. The van der Waals surface area contributed by atoms with E-state index in [0.717, 1.165) is 32.3 Å². The normalized spacial score (nSPS) is 10.9. The predicted molar refractivity (Wildman–Crippen MR) is 85.6 cm³/mol. The summed E-state index contributed by atoms with van der Waals surface area (Å²) in [4.78, 5) is 0. The predicted octanol–water partition coefficient (Wildman–Crippen LogP) is 6.20. The monoisotopic (exact) mass is 292 g/mol. The van der Waals surface area contributed by atoms with Crippen LogP contribution in [-0.2, 0) is 0 Å². The van der Waals surface area contributed by atoms with E-state index in [1.165, 1.54) is 16.7 Å². The van der Waals surface area contributed by atoms with Crippen LogP contribution in [0.4, 0.5) is 0 Å². The molecule has 0 bridgehead atoms. The van der Waals surface area contributed by atoms with Crippen LogP contribution in [0.1, 0.15) is 27.8 Å². The second-order valence-corrected chi connectivity index (χ2v) is 5.98. The minimum absolute atomic E-state index is 0.851. The summed E-state index contributed by atoms with van der Waals surface area (Å²) >= 11 is 12.6. The Kier molecular flexibility index (Phi) is 3.94. The summed E-state index contributed by atoms with van der Waals surface area (Å²) in [5, 5.41) is 1.72. The molecule has 2 aromatic carbocycles. The zero-order chi connectivity index (χ0) is 14.3. The Bertz CT molecular complexity index is 632. The molecule has 2 rings (SSSR count). The molecule has 0 aromatic heterocycles. The molecule has 0 aliphatic rings. The van der Waals surface area contributed by atoms with E-state index >= 15 is 0 Å². The van der Waals surface area contributed by atoms with Crippen molar-refractivity contribution in [2.45, 2.75) is 34.6 Å². The summed E-state index contributed by atoms with van der Waals surface area (Å²) in [6, 6.07) is 6.45. The molecule has 0 heterocycles. The van der Waals surface area contributed by atoms with Gasteiger partial charge in [-0.2, -0.15) is 0 Å². The first kappa shape index (κ1) is 14.4. The van der Waals surface area contributed by atoms with E-state index in [4.69, 9.17) is 23.2 Å². The van der Waals surface area contributed by atoms with Gasteiger partial charge in [-0.05, 0) is 91.8 Å². The molecule has 0 radical (unpaired) electrons. The first-order chi connectivity index (χ1) is 8.82. The maximum Gasteiger partial charge on any atom is 0.0467 e. The number of aryl methyl sites for hydroxylation is 3. The maximum absolute atomic E-state index is 6.31. The summed E-state index contributed by atoms with van der Waals surface area (Å²) in [7, 11) is 0. The second kappa shape index (κ2) is 5.19. The van der Waals surface area contributed by atoms with E-state index in [-0.39, 0.29) is 0 Å². The Hall–Kier alpha value is -0.980. The van der Waals surface area contributed by atoms with Crippen LogP contribution >= 0.6 is 23.2 Å². The SMILES string of the molecule is Cc1cc(-c2cc(C)c(Cl)c(C)c2C)cc(C)c1Cl. The van der Waals surface area contributed by atoms with Crippen molar-refractivity contribution in [3.8, 4) is 11.1 Å². The molecule has 2 aromatic rings. The number of halogens is 2. The highest BCUT2D eigenvalue weighted by molar-refractivity contribution is 6.32. The second-order valence-electron chi connectivity index (χ2n) is 5.23. The quantitative estimate of drug-likeness (QED) is 0.587. The van der Waals surface area contributed by atoms with E-state index in [1.807, 2.05) is 20.8 Å². The van der Waals surface area contributed by atoms with Gasteiger partial charge in [-0.1, -0.05) is 23.2 Å². The van der Waals surface area contributed by atoms with Gasteiger partial charge in [0.25, 0.3) is 0 Å². The Balaban J connectivity index is 2.73. The van der Waals surface area contributed by atoms with Crippen LogP contribution < -0.4 is 0 Å². The fraction of sp³-hybridized carbons (Fsp3) is 0.294. The van der Waals surface area contributed by atoms with E-state index in [2.05, 4.69) is 32.0 Å². The van der Waals surface area contributed by atoms with Crippen molar-refractivity contribution >= 4 is 23.2 Å². The fourth-order valence-electron chi connectivity index (χ4n) is 2.45. The van der Waals surface area contributed by atoms with Gasteiger partial charge in [-0.3, -0.25) is 0 Å². The molecule has 0 unspecified atom stereocenters. The molecule has 0 atom stereocenters. The molecule has 0 spiro atoms. The Morgan fingerprint density at radius 3 is 1.63 bits per heavy atom. The van der Waals surface area contributed by atoms with Gasteiger partial charge >= 0.3 is 0 Å². The third-order valence-corrected chi connectivity index (χ3v) is 4.93. The molecule has 100 valence electrons. The van der Waals surface area contributed by atoms with Crippen molar-refractivity contribution < 1.29 is 0 Å². The fourth-order valence-corrected chi connectivity index (χ4v) is 2.76. The molecule has 19 heavy (non-hydrogen) atoms. The van der Waals surface area contributed by atoms with Crippen LogP contribution in [0.25, 0.3) is 11.1 Å². The molecule has 0 aliphatic carbocycles. The molecule has 0 N–H and O–H groups in total. The number of benzene rings is 2. The Labute approximate surface area is 125 Å². The maximum atomic E-state index is 6.31. The van der Waals surface area contributed by atoms with Gasteiger partial charge in [-0.15, -0.1) is 0 Å². The third-order valence-electron chi connectivity index (χ3n) is 3.75. The van der Waals surface area contributed by atoms with E-state index in [0.29, 0.717) is 0 Å². The van der Waals surface area contributed by atoms with Crippen LogP contribution in [0.5, 0.6) is 0 Å². The van der Waals surface area contributed by atoms with Gasteiger partial charge in [0.1, 0.15) is 0 Å². The number of rotatable bonds is 1. The van der Waals surface area contributed by atoms with Crippen LogP contribution in [-0.4, -0.2) is 0 Å². The summed E-state index contributed by atoms with van der Waals surface area (Å²) in [5.41, 5.74) is 8.17. The first-order valence-corrected chi connectivity index (χ1v) is 7.12. The third kappa shape index (κ3) is 2.52.